The van der Waals surface area contributed by atoms with Gasteiger partial charge in [-0.25, -0.2) is 0 Å². The Morgan fingerprint density at radius 2 is 1.92 bits per heavy atom. The number of carbonyl (C=O) groups is 1. The lowest BCUT2D eigenvalue weighted by molar-refractivity contribution is -0.111. The molecule has 0 atom stereocenters. The molecule has 1 rings (SSSR count). The fraction of sp³-hybridized carbons (Fsp3) is 0.700. The van der Waals surface area contributed by atoms with Crippen LogP contribution in [0.25, 0.3) is 0 Å². The van der Waals surface area contributed by atoms with Crippen molar-refractivity contribution in [2.24, 2.45) is 0 Å². The number of rotatable bonds is 0. The third kappa shape index (κ3) is 2.67. The molecule has 1 aliphatic carbocycles. The minimum absolute atomic E-state index is 0.172. The molecule has 0 aromatic carbocycles. The van der Waals surface area contributed by atoms with Gasteiger partial charge in [0.25, 0.3) is 0 Å². The molecule has 1 aliphatic rings. The minimum atomic E-state index is -0.871. The normalized spacial score (nSPS) is 20.8. The van der Waals surface area contributed by atoms with E-state index in [0.717, 1.165) is 12.8 Å². The average molecular weight is 166 g/mol. The van der Waals surface area contributed by atoms with Crippen LogP contribution in [0.4, 0.5) is 0 Å². The van der Waals surface area contributed by atoms with E-state index in [1.807, 2.05) is 0 Å². The fourth-order valence-corrected chi connectivity index (χ4v) is 1.47. The van der Waals surface area contributed by atoms with Crippen molar-refractivity contribution in [3.05, 3.63) is 0 Å². The summed E-state index contributed by atoms with van der Waals surface area (Å²) in [6, 6.07) is 0. The maximum atomic E-state index is 10.5. The summed E-state index contributed by atoms with van der Waals surface area (Å²) in [5.41, 5.74) is -0.871. The third-order valence-electron chi connectivity index (χ3n) is 2.15. The largest absolute Gasteiger partial charge is 0.378 e. The molecule has 0 spiro atoms. The van der Waals surface area contributed by atoms with E-state index in [-0.39, 0.29) is 5.78 Å². The van der Waals surface area contributed by atoms with Crippen molar-refractivity contribution in [2.75, 3.05) is 0 Å². The molecule has 0 aromatic rings. The van der Waals surface area contributed by atoms with Crippen molar-refractivity contribution < 1.29 is 9.90 Å². The number of ketones is 1. The number of hydrogen-bond donors (Lipinski definition) is 1. The van der Waals surface area contributed by atoms with Gasteiger partial charge in [0.15, 0.2) is 0 Å². The SMILES string of the molecule is CC(=O)C#CC1(O)CCCCC1. The van der Waals surface area contributed by atoms with Crippen molar-refractivity contribution in [3.8, 4) is 11.8 Å². The predicted molar refractivity (Wildman–Crippen MR) is 46.5 cm³/mol. The molecule has 1 fully saturated rings. The van der Waals surface area contributed by atoms with Gasteiger partial charge >= 0.3 is 0 Å². The zero-order valence-corrected chi connectivity index (χ0v) is 7.39. The van der Waals surface area contributed by atoms with Gasteiger partial charge in [-0.15, -0.1) is 0 Å². The zero-order chi connectivity index (χ0) is 9.03. The Morgan fingerprint density at radius 3 is 2.42 bits per heavy atom. The summed E-state index contributed by atoms with van der Waals surface area (Å²) >= 11 is 0. The molecule has 0 unspecified atom stereocenters. The van der Waals surface area contributed by atoms with Crippen LogP contribution < -0.4 is 0 Å². The third-order valence-corrected chi connectivity index (χ3v) is 2.15. The Labute approximate surface area is 73.0 Å². The van der Waals surface area contributed by atoms with Crippen LogP contribution in [0.15, 0.2) is 0 Å². The summed E-state index contributed by atoms with van der Waals surface area (Å²) in [6.07, 6.45) is 4.64. The molecule has 2 nitrogen and oxygen atoms in total. The fourth-order valence-electron chi connectivity index (χ4n) is 1.47. The van der Waals surface area contributed by atoms with Gasteiger partial charge in [-0.3, -0.25) is 4.79 Å². The summed E-state index contributed by atoms with van der Waals surface area (Å²) in [5, 5.41) is 9.79. The van der Waals surface area contributed by atoms with Crippen molar-refractivity contribution >= 4 is 5.78 Å². The Balaban J connectivity index is 2.59. The number of carbonyl (C=O) groups excluding carboxylic acids is 1. The molecule has 0 bridgehead atoms. The van der Waals surface area contributed by atoms with Gasteiger partial charge in [0.2, 0.25) is 5.78 Å². The van der Waals surface area contributed by atoms with Crippen LogP contribution in [0.1, 0.15) is 39.0 Å². The lowest BCUT2D eigenvalue weighted by Crippen LogP contribution is -2.29. The highest BCUT2D eigenvalue weighted by atomic mass is 16.3. The summed E-state index contributed by atoms with van der Waals surface area (Å²) < 4.78 is 0. The second kappa shape index (κ2) is 3.73. The van der Waals surface area contributed by atoms with Gasteiger partial charge in [0, 0.05) is 6.92 Å². The van der Waals surface area contributed by atoms with Crippen molar-refractivity contribution in [2.45, 2.75) is 44.6 Å². The smallest absolute Gasteiger partial charge is 0.202 e. The van der Waals surface area contributed by atoms with Crippen LogP contribution in [-0.2, 0) is 4.79 Å². The second-order valence-corrected chi connectivity index (χ2v) is 3.40. The number of Topliss-reactive ketones (excluding diaryl/α,β-unsaturated/α-hetero) is 1. The van der Waals surface area contributed by atoms with Gasteiger partial charge < -0.3 is 5.11 Å². The van der Waals surface area contributed by atoms with Crippen LogP contribution in [-0.4, -0.2) is 16.5 Å². The minimum Gasteiger partial charge on any atom is -0.378 e. The number of hydrogen-bond acceptors (Lipinski definition) is 2. The standard InChI is InChI=1S/C10H14O2/c1-9(11)5-8-10(12)6-3-2-4-7-10/h12H,2-4,6-7H2,1H3. The number of aliphatic hydroxyl groups is 1. The molecule has 12 heavy (non-hydrogen) atoms. The average Bonchev–Trinajstić information content (AvgIpc) is 2.03. The van der Waals surface area contributed by atoms with Gasteiger partial charge in [-0.2, -0.15) is 0 Å². The molecule has 0 amide bonds. The Kier molecular flexibility index (Phi) is 2.88. The van der Waals surface area contributed by atoms with Gasteiger partial charge in [0.1, 0.15) is 5.60 Å². The molecule has 2 heteroatoms. The maximum absolute atomic E-state index is 10.5. The monoisotopic (exact) mass is 166 g/mol. The first-order valence-corrected chi connectivity index (χ1v) is 4.38. The van der Waals surface area contributed by atoms with Crippen LogP contribution in [0.5, 0.6) is 0 Å². The van der Waals surface area contributed by atoms with Crippen molar-refractivity contribution in [1.29, 1.82) is 0 Å². The van der Waals surface area contributed by atoms with E-state index in [1.165, 1.54) is 13.3 Å². The molecule has 0 aliphatic heterocycles. The Hall–Kier alpha value is -0.810. The zero-order valence-electron chi connectivity index (χ0n) is 7.39. The lowest BCUT2D eigenvalue weighted by Gasteiger charge is -2.26. The van der Waals surface area contributed by atoms with Gasteiger partial charge in [0.05, 0.1) is 0 Å². The van der Waals surface area contributed by atoms with E-state index in [4.69, 9.17) is 0 Å². The van der Waals surface area contributed by atoms with Crippen LogP contribution in [0, 0.1) is 11.8 Å². The predicted octanol–water partition coefficient (Wildman–Crippen LogP) is 1.27. The first-order valence-electron chi connectivity index (χ1n) is 4.38. The summed E-state index contributed by atoms with van der Waals surface area (Å²) in [5.74, 6) is 4.90. The highest BCUT2D eigenvalue weighted by molar-refractivity contribution is 5.93. The van der Waals surface area contributed by atoms with E-state index in [9.17, 15) is 9.90 Å². The molecular formula is C10H14O2. The highest BCUT2D eigenvalue weighted by Crippen LogP contribution is 2.26. The quantitative estimate of drug-likeness (QED) is 0.434. The lowest BCUT2D eigenvalue weighted by atomic mass is 9.85. The summed E-state index contributed by atoms with van der Waals surface area (Å²) in [6.45, 7) is 1.42. The molecular weight excluding hydrogens is 152 g/mol. The van der Waals surface area contributed by atoms with Crippen molar-refractivity contribution in [3.63, 3.8) is 0 Å². The van der Waals surface area contributed by atoms with E-state index in [1.54, 1.807) is 0 Å². The van der Waals surface area contributed by atoms with E-state index in [2.05, 4.69) is 11.8 Å². The van der Waals surface area contributed by atoms with E-state index in [0.29, 0.717) is 12.8 Å². The molecule has 1 N–H and O–H groups in total. The molecule has 0 radical (unpaired) electrons. The van der Waals surface area contributed by atoms with Crippen LogP contribution >= 0.6 is 0 Å². The molecule has 1 saturated carbocycles. The van der Waals surface area contributed by atoms with E-state index >= 15 is 0 Å². The molecule has 0 saturated heterocycles. The van der Waals surface area contributed by atoms with Gasteiger partial charge in [-0.05, 0) is 31.6 Å². The summed E-state index contributed by atoms with van der Waals surface area (Å²) in [7, 11) is 0. The summed E-state index contributed by atoms with van der Waals surface area (Å²) in [4.78, 5) is 10.5. The van der Waals surface area contributed by atoms with Gasteiger partial charge in [-0.1, -0.05) is 12.3 Å². The maximum Gasteiger partial charge on any atom is 0.202 e. The molecule has 0 heterocycles. The highest BCUT2D eigenvalue weighted by Gasteiger charge is 2.26. The molecule has 66 valence electrons. The Morgan fingerprint density at radius 1 is 1.33 bits per heavy atom. The van der Waals surface area contributed by atoms with Crippen molar-refractivity contribution in [1.82, 2.24) is 0 Å². The van der Waals surface area contributed by atoms with Crippen LogP contribution in [0.3, 0.4) is 0 Å². The Bertz CT molecular complexity index is 226. The van der Waals surface area contributed by atoms with E-state index < -0.39 is 5.60 Å². The molecule has 0 aromatic heterocycles. The first kappa shape index (κ1) is 9.28. The topological polar surface area (TPSA) is 37.3 Å². The second-order valence-electron chi connectivity index (χ2n) is 3.40. The van der Waals surface area contributed by atoms with Crippen LogP contribution in [0.2, 0.25) is 0 Å². The first-order chi connectivity index (χ1) is 5.62.